The number of anilines is 1. The molecule has 178 valence electrons. The summed E-state index contributed by atoms with van der Waals surface area (Å²) >= 11 is 0. The number of piperazine rings is 1. The molecule has 1 aromatic heterocycles. The van der Waals surface area contributed by atoms with Gasteiger partial charge in [-0.05, 0) is 63.1 Å². The Kier molecular flexibility index (Phi) is 6.63. The van der Waals surface area contributed by atoms with E-state index in [1.165, 1.54) is 5.69 Å². The Morgan fingerprint density at radius 1 is 0.824 bits per heavy atom. The molecule has 0 spiro atoms. The molecule has 3 heterocycles. The Morgan fingerprint density at radius 2 is 1.41 bits per heavy atom. The second-order valence-corrected chi connectivity index (χ2v) is 9.54. The smallest absolute Gasteiger partial charge is 0.248 e. The summed E-state index contributed by atoms with van der Waals surface area (Å²) in [5, 5.41) is 8.40. The molecule has 0 saturated carbocycles. The third-order valence-corrected chi connectivity index (χ3v) is 7.13. The Balaban J connectivity index is 1.15. The molecule has 0 radical (unpaired) electrons. The van der Waals surface area contributed by atoms with Gasteiger partial charge in [0.15, 0.2) is 0 Å². The first-order valence-corrected chi connectivity index (χ1v) is 12.4. The van der Waals surface area contributed by atoms with Crippen LogP contribution in [0.1, 0.15) is 26.7 Å². The number of piperidine rings is 1. The summed E-state index contributed by atoms with van der Waals surface area (Å²) in [4.78, 5) is 19.9. The van der Waals surface area contributed by atoms with Crippen LogP contribution in [0.4, 0.5) is 5.69 Å². The molecule has 1 amide bonds. The van der Waals surface area contributed by atoms with Crippen LogP contribution in [0.25, 0.3) is 22.9 Å². The van der Waals surface area contributed by atoms with Crippen LogP contribution in [0.3, 0.4) is 0 Å². The van der Waals surface area contributed by atoms with Crippen LogP contribution < -0.4 is 4.90 Å². The molecule has 5 rings (SSSR count). The summed E-state index contributed by atoms with van der Waals surface area (Å²) in [6.07, 6.45) is 1.82. The standard InChI is InChI=1S/C27H33N5O2/c1-20(2)30-16-18-32(19-17-30)27(33)23-12-14-31(15-13-23)24-10-8-22(9-11-24)26-29-28-25(34-26)21-6-4-3-5-7-21/h3-11,20,23H,12-19H2,1-2H3. The largest absolute Gasteiger partial charge is 0.416 e. The predicted molar refractivity (Wildman–Crippen MR) is 133 cm³/mol. The van der Waals surface area contributed by atoms with E-state index >= 15 is 0 Å². The molecule has 2 aromatic carbocycles. The van der Waals surface area contributed by atoms with Crippen molar-refractivity contribution in [3.63, 3.8) is 0 Å². The highest BCUT2D eigenvalue weighted by Gasteiger charge is 2.31. The summed E-state index contributed by atoms with van der Waals surface area (Å²) < 4.78 is 5.88. The van der Waals surface area contributed by atoms with Crippen LogP contribution >= 0.6 is 0 Å². The van der Waals surface area contributed by atoms with Gasteiger partial charge in [0.1, 0.15) is 0 Å². The van der Waals surface area contributed by atoms with Crippen molar-refractivity contribution in [2.24, 2.45) is 5.92 Å². The first kappa shape index (κ1) is 22.6. The molecule has 34 heavy (non-hydrogen) atoms. The first-order chi connectivity index (χ1) is 16.6. The van der Waals surface area contributed by atoms with E-state index < -0.39 is 0 Å². The summed E-state index contributed by atoms with van der Waals surface area (Å²) in [5.74, 6) is 1.55. The maximum absolute atomic E-state index is 13.0. The van der Waals surface area contributed by atoms with E-state index in [1.54, 1.807) is 0 Å². The lowest BCUT2D eigenvalue weighted by Crippen LogP contribution is -2.53. The molecule has 7 heteroatoms. The number of amides is 1. The molecular weight excluding hydrogens is 426 g/mol. The van der Waals surface area contributed by atoms with Crippen molar-refractivity contribution >= 4 is 11.6 Å². The fraction of sp³-hybridized carbons (Fsp3) is 0.444. The van der Waals surface area contributed by atoms with E-state index in [2.05, 4.69) is 50.9 Å². The first-order valence-electron chi connectivity index (χ1n) is 12.4. The number of benzene rings is 2. The normalized spacial score (nSPS) is 18.0. The van der Waals surface area contributed by atoms with Crippen LogP contribution in [0.15, 0.2) is 59.0 Å². The molecule has 0 aliphatic carbocycles. The molecular formula is C27H33N5O2. The lowest BCUT2D eigenvalue weighted by atomic mass is 9.94. The van der Waals surface area contributed by atoms with Crippen LogP contribution in [-0.2, 0) is 4.79 Å². The van der Waals surface area contributed by atoms with Crippen LogP contribution in [0.2, 0.25) is 0 Å². The van der Waals surface area contributed by atoms with Crippen molar-refractivity contribution in [1.82, 2.24) is 20.0 Å². The van der Waals surface area contributed by atoms with Gasteiger partial charge in [-0.25, -0.2) is 0 Å². The van der Waals surface area contributed by atoms with Gasteiger partial charge in [0.2, 0.25) is 17.7 Å². The van der Waals surface area contributed by atoms with Crippen molar-refractivity contribution in [1.29, 1.82) is 0 Å². The van der Waals surface area contributed by atoms with Crippen molar-refractivity contribution in [3.05, 3.63) is 54.6 Å². The predicted octanol–water partition coefficient (Wildman–Crippen LogP) is 4.17. The third-order valence-electron chi connectivity index (χ3n) is 7.13. The summed E-state index contributed by atoms with van der Waals surface area (Å²) in [5.41, 5.74) is 2.99. The number of rotatable bonds is 5. The van der Waals surface area contributed by atoms with E-state index in [0.717, 1.165) is 63.2 Å². The fourth-order valence-electron chi connectivity index (χ4n) is 4.95. The van der Waals surface area contributed by atoms with Crippen molar-refractivity contribution in [3.8, 4) is 22.9 Å². The van der Waals surface area contributed by atoms with Crippen LogP contribution in [0, 0.1) is 5.92 Å². The summed E-state index contributed by atoms with van der Waals surface area (Å²) in [7, 11) is 0. The third kappa shape index (κ3) is 4.85. The number of hydrogen-bond acceptors (Lipinski definition) is 6. The lowest BCUT2D eigenvalue weighted by Gasteiger charge is -2.40. The Labute approximate surface area is 201 Å². The average molecular weight is 460 g/mol. The van der Waals surface area contributed by atoms with E-state index in [4.69, 9.17) is 4.42 Å². The van der Waals surface area contributed by atoms with Gasteiger partial charge in [-0.15, -0.1) is 10.2 Å². The molecule has 2 saturated heterocycles. The molecule has 0 atom stereocenters. The summed E-state index contributed by atoms with van der Waals surface area (Å²) in [6, 6.07) is 18.6. The van der Waals surface area contributed by atoms with E-state index in [9.17, 15) is 4.79 Å². The van der Waals surface area contributed by atoms with Crippen molar-refractivity contribution in [2.75, 3.05) is 44.2 Å². The lowest BCUT2D eigenvalue weighted by molar-refractivity contribution is -0.138. The minimum absolute atomic E-state index is 0.149. The van der Waals surface area contributed by atoms with Gasteiger partial charge in [0, 0.05) is 68.0 Å². The van der Waals surface area contributed by atoms with Gasteiger partial charge < -0.3 is 14.2 Å². The van der Waals surface area contributed by atoms with Crippen LogP contribution in [0.5, 0.6) is 0 Å². The molecule has 3 aromatic rings. The van der Waals surface area contributed by atoms with Gasteiger partial charge in [0.05, 0.1) is 0 Å². The second kappa shape index (κ2) is 9.97. The number of carbonyl (C=O) groups is 1. The number of nitrogens with zero attached hydrogens (tertiary/aromatic N) is 5. The van der Waals surface area contributed by atoms with Gasteiger partial charge in [-0.2, -0.15) is 0 Å². The Morgan fingerprint density at radius 3 is 2.00 bits per heavy atom. The highest BCUT2D eigenvalue weighted by molar-refractivity contribution is 5.79. The Bertz CT molecular complexity index is 1080. The van der Waals surface area contributed by atoms with Crippen molar-refractivity contribution in [2.45, 2.75) is 32.7 Å². The van der Waals surface area contributed by atoms with E-state index in [-0.39, 0.29) is 5.92 Å². The molecule has 2 fully saturated rings. The zero-order chi connectivity index (χ0) is 23.5. The second-order valence-electron chi connectivity index (χ2n) is 9.54. The average Bonchev–Trinajstić information content (AvgIpc) is 3.40. The maximum Gasteiger partial charge on any atom is 0.248 e. The monoisotopic (exact) mass is 459 g/mol. The number of carbonyl (C=O) groups excluding carboxylic acids is 1. The van der Waals surface area contributed by atoms with Crippen LogP contribution in [-0.4, -0.2) is 71.2 Å². The molecule has 7 nitrogen and oxygen atoms in total. The quantitative estimate of drug-likeness (QED) is 0.571. The molecule has 2 aliphatic rings. The molecule has 0 bridgehead atoms. The van der Waals surface area contributed by atoms with Crippen molar-refractivity contribution < 1.29 is 9.21 Å². The highest BCUT2D eigenvalue weighted by Crippen LogP contribution is 2.28. The number of aromatic nitrogens is 2. The number of hydrogen-bond donors (Lipinski definition) is 0. The molecule has 0 N–H and O–H groups in total. The van der Waals surface area contributed by atoms with Gasteiger partial charge in [0.25, 0.3) is 0 Å². The van der Waals surface area contributed by atoms with Gasteiger partial charge >= 0.3 is 0 Å². The minimum atomic E-state index is 0.149. The van der Waals surface area contributed by atoms with E-state index in [0.29, 0.717) is 23.7 Å². The highest BCUT2D eigenvalue weighted by atomic mass is 16.4. The topological polar surface area (TPSA) is 65.7 Å². The minimum Gasteiger partial charge on any atom is -0.416 e. The Hall–Kier alpha value is -3.19. The zero-order valence-corrected chi connectivity index (χ0v) is 20.1. The van der Waals surface area contributed by atoms with Gasteiger partial charge in [-0.1, -0.05) is 18.2 Å². The van der Waals surface area contributed by atoms with E-state index in [1.807, 2.05) is 42.5 Å². The zero-order valence-electron chi connectivity index (χ0n) is 20.1. The SMILES string of the molecule is CC(C)N1CCN(C(=O)C2CCN(c3ccc(-c4nnc(-c5ccccc5)o4)cc3)CC2)CC1. The summed E-state index contributed by atoms with van der Waals surface area (Å²) in [6.45, 7) is 9.96. The maximum atomic E-state index is 13.0. The fourth-order valence-corrected chi connectivity index (χ4v) is 4.95. The molecule has 0 unspecified atom stereocenters. The molecule has 2 aliphatic heterocycles. The van der Waals surface area contributed by atoms with Gasteiger partial charge in [-0.3, -0.25) is 9.69 Å².